The number of alkyl halides is 2. The number of fused-ring (bicyclic) bond motifs is 1. The van der Waals surface area contributed by atoms with E-state index in [-0.39, 0.29) is 17.7 Å². The molecule has 9 nitrogen and oxygen atoms in total. The number of hydrogen-bond acceptors (Lipinski definition) is 8. The highest BCUT2D eigenvalue weighted by Crippen LogP contribution is 2.31. The summed E-state index contributed by atoms with van der Waals surface area (Å²) in [6, 6.07) is 4.57. The van der Waals surface area contributed by atoms with E-state index in [4.69, 9.17) is 18.9 Å². The molecule has 0 spiro atoms. The van der Waals surface area contributed by atoms with Gasteiger partial charge in [0.2, 0.25) is 18.6 Å². The number of nitrogens with one attached hydrogen (secondary N) is 1. The van der Waals surface area contributed by atoms with Crippen molar-refractivity contribution in [3.05, 3.63) is 29.3 Å². The van der Waals surface area contributed by atoms with Gasteiger partial charge < -0.3 is 29.2 Å². The van der Waals surface area contributed by atoms with E-state index < -0.39 is 62.1 Å². The quantitative estimate of drug-likeness (QED) is 0.326. The highest BCUT2D eigenvalue weighted by Gasteiger charge is 2.38. The molecule has 2 rings (SSSR count). The minimum absolute atomic E-state index is 0.0148. The van der Waals surface area contributed by atoms with Crippen molar-refractivity contribution in [3.8, 4) is 5.75 Å². The topological polar surface area (TPSA) is 120 Å². The van der Waals surface area contributed by atoms with Crippen molar-refractivity contribution in [1.82, 2.24) is 5.32 Å². The Bertz CT molecular complexity index is 858. The van der Waals surface area contributed by atoms with Crippen LogP contribution in [0.2, 0.25) is 0 Å². The van der Waals surface area contributed by atoms with Gasteiger partial charge in [0.25, 0.3) is 0 Å². The van der Waals surface area contributed by atoms with Gasteiger partial charge in [-0.3, -0.25) is 4.79 Å². The van der Waals surface area contributed by atoms with E-state index in [2.05, 4.69) is 5.32 Å². The summed E-state index contributed by atoms with van der Waals surface area (Å²) in [7, 11) is -0.177. The molecule has 12 heteroatoms. The van der Waals surface area contributed by atoms with Crippen LogP contribution < -0.4 is 9.97 Å². The molecule has 1 amide bonds. The Morgan fingerprint density at radius 3 is 2.56 bits per heavy atom. The van der Waals surface area contributed by atoms with Crippen LogP contribution in [0.15, 0.2) is 18.2 Å². The maximum absolute atomic E-state index is 12.9. The lowest BCUT2D eigenvalue weighted by molar-refractivity contribution is -0.173. The van der Waals surface area contributed by atoms with E-state index in [9.17, 15) is 28.2 Å². The number of hydrogen-bond donors (Lipinski definition) is 2. The van der Waals surface area contributed by atoms with Crippen molar-refractivity contribution < 1.29 is 47.1 Å². The predicted molar refractivity (Wildman–Crippen MR) is 108 cm³/mol. The molecular weight excluding hydrogens is 431 g/mol. The molecule has 0 saturated heterocycles. The number of carbonyl (C=O) groups excluding carboxylic acids is 3. The Balaban J connectivity index is 2.00. The van der Waals surface area contributed by atoms with Crippen LogP contribution in [0.4, 0.5) is 8.78 Å². The Morgan fingerprint density at radius 1 is 1.25 bits per heavy atom. The standard InChI is InChI=1S/C20H26BF2NO8/c1-19(2,29-4)18(27)31-11-30-17(26)13-7-5-6-12-10-14(21(28)32-16(12)13)24-15(25)8-9-20(3,22)23/h5-7,14,28H,8-11H2,1-4H3,(H,24,25)/t14-/m0/s1. The van der Waals surface area contributed by atoms with Crippen LogP contribution in [-0.4, -0.2) is 61.4 Å². The number of para-hydroxylation sites is 1. The molecule has 176 valence electrons. The minimum Gasteiger partial charge on any atom is -0.534 e. The Labute approximate surface area is 184 Å². The Hall–Kier alpha value is -2.73. The summed E-state index contributed by atoms with van der Waals surface area (Å²) in [5, 5.41) is 12.7. The third-order valence-electron chi connectivity index (χ3n) is 4.86. The van der Waals surface area contributed by atoms with Gasteiger partial charge in [0.15, 0.2) is 5.60 Å². The van der Waals surface area contributed by atoms with Gasteiger partial charge in [-0.25, -0.2) is 18.4 Å². The van der Waals surface area contributed by atoms with E-state index in [1.54, 1.807) is 12.1 Å². The zero-order valence-corrected chi connectivity index (χ0v) is 18.3. The smallest absolute Gasteiger partial charge is 0.534 e. The summed E-state index contributed by atoms with van der Waals surface area (Å²) in [4.78, 5) is 36.2. The van der Waals surface area contributed by atoms with Crippen molar-refractivity contribution >= 4 is 25.0 Å². The first-order valence-corrected chi connectivity index (χ1v) is 9.87. The number of ether oxygens (including phenoxy) is 3. The predicted octanol–water partition coefficient (Wildman–Crippen LogP) is 1.64. The average molecular weight is 457 g/mol. The monoisotopic (exact) mass is 457 g/mol. The first-order chi connectivity index (χ1) is 14.8. The molecule has 1 aromatic rings. The summed E-state index contributed by atoms with van der Waals surface area (Å²) in [5.41, 5.74) is -0.731. The fourth-order valence-corrected chi connectivity index (χ4v) is 2.79. The van der Waals surface area contributed by atoms with Crippen LogP contribution in [0.25, 0.3) is 0 Å². The summed E-state index contributed by atoms with van der Waals surface area (Å²) < 4.78 is 46.1. The van der Waals surface area contributed by atoms with Crippen LogP contribution >= 0.6 is 0 Å². The molecule has 0 fully saturated rings. The van der Waals surface area contributed by atoms with Crippen LogP contribution in [0.1, 0.15) is 49.5 Å². The molecular formula is C20H26BF2NO8. The lowest BCUT2D eigenvalue weighted by Crippen LogP contribution is -2.53. The fourth-order valence-electron chi connectivity index (χ4n) is 2.79. The third kappa shape index (κ3) is 6.89. The zero-order chi connectivity index (χ0) is 24.1. The molecule has 0 aliphatic carbocycles. The van der Waals surface area contributed by atoms with Gasteiger partial charge in [-0.05, 0) is 38.8 Å². The largest absolute Gasteiger partial charge is 0.547 e. The minimum atomic E-state index is -2.98. The van der Waals surface area contributed by atoms with E-state index >= 15 is 0 Å². The normalized spacial score (nSPS) is 16.0. The van der Waals surface area contributed by atoms with Gasteiger partial charge >= 0.3 is 19.1 Å². The number of rotatable bonds is 9. The Kier molecular flexibility index (Phi) is 8.19. The van der Waals surface area contributed by atoms with Crippen LogP contribution in [0.5, 0.6) is 5.75 Å². The van der Waals surface area contributed by atoms with Crippen LogP contribution in [0, 0.1) is 0 Å². The summed E-state index contributed by atoms with van der Waals surface area (Å²) in [6.07, 6.45) is -0.936. The number of esters is 2. The molecule has 0 unspecified atom stereocenters. The molecule has 1 aromatic carbocycles. The molecule has 0 bridgehead atoms. The van der Waals surface area contributed by atoms with E-state index in [0.29, 0.717) is 5.56 Å². The lowest BCUT2D eigenvalue weighted by atomic mass is 9.72. The molecule has 1 aliphatic heterocycles. The summed E-state index contributed by atoms with van der Waals surface area (Å²) >= 11 is 0. The van der Waals surface area contributed by atoms with Gasteiger partial charge in [0.05, 0.1) is 5.94 Å². The number of amides is 1. The molecule has 1 atom stereocenters. The first kappa shape index (κ1) is 25.5. The van der Waals surface area contributed by atoms with Crippen LogP contribution in [0.3, 0.4) is 0 Å². The van der Waals surface area contributed by atoms with E-state index in [1.807, 2.05) is 0 Å². The first-order valence-electron chi connectivity index (χ1n) is 9.87. The number of carbonyl (C=O) groups is 3. The molecule has 0 saturated carbocycles. The number of halogens is 2. The van der Waals surface area contributed by atoms with Gasteiger partial charge in [0, 0.05) is 20.0 Å². The van der Waals surface area contributed by atoms with Gasteiger partial charge in [-0.1, -0.05) is 12.1 Å². The highest BCUT2D eigenvalue weighted by molar-refractivity contribution is 6.47. The van der Waals surface area contributed by atoms with Crippen molar-refractivity contribution in [1.29, 1.82) is 0 Å². The van der Waals surface area contributed by atoms with E-state index in [0.717, 1.165) is 6.92 Å². The maximum atomic E-state index is 12.9. The summed E-state index contributed by atoms with van der Waals surface area (Å²) in [5.74, 6) is -6.05. The second-order valence-corrected chi connectivity index (χ2v) is 7.95. The lowest BCUT2D eigenvalue weighted by Gasteiger charge is -2.29. The van der Waals surface area contributed by atoms with Gasteiger partial charge in [-0.15, -0.1) is 0 Å². The number of methoxy groups -OCH3 is 1. The highest BCUT2D eigenvalue weighted by atomic mass is 19.3. The third-order valence-corrected chi connectivity index (χ3v) is 4.86. The molecule has 0 aromatic heterocycles. The summed E-state index contributed by atoms with van der Waals surface area (Å²) in [6.45, 7) is 3.04. The number of benzene rings is 1. The molecule has 1 aliphatic rings. The Morgan fingerprint density at radius 2 is 1.94 bits per heavy atom. The SMILES string of the molecule is COC(C)(C)C(=O)OCOC(=O)c1cccc2c1OB(O)[C@@H](NC(=O)CCC(C)(F)F)C2. The van der Waals surface area contributed by atoms with E-state index in [1.165, 1.54) is 27.0 Å². The van der Waals surface area contributed by atoms with Crippen molar-refractivity contribution in [2.45, 2.75) is 57.5 Å². The molecule has 1 heterocycles. The second-order valence-electron chi connectivity index (χ2n) is 7.95. The van der Waals surface area contributed by atoms with Crippen molar-refractivity contribution in [2.75, 3.05) is 13.9 Å². The van der Waals surface area contributed by atoms with Gasteiger partial charge in [0.1, 0.15) is 11.3 Å². The molecule has 32 heavy (non-hydrogen) atoms. The van der Waals surface area contributed by atoms with Crippen molar-refractivity contribution in [2.24, 2.45) is 0 Å². The second kappa shape index (κ2) is 10.3. The molecule has 0 radical (unpaired) electrons. The molecule has 2 N–H and O–H groups in total. The zero-order valence-electron chi connectivity index (χ0n) is 18.3. The average Bonchev–Trinajstić information content (AvgIpc) is 2.71. The van der Waals surface area contributed by atoms with Gasteiger partial charge in [-0.2, -0.15) is 0 Å². The van der Waals surface area contributed by atoms with Crippen LogP contribution in [-0.2, 0) is 30.2 Å². The fraction of sp³-hybridized carbons (Fsp3) is 0.550. The maximum Gasteiger partial charge on any atom is 0.547 e. The van der Waals surface area contributed by atoms with Crippen molar-refractivity contribution in [3.63, 3.8) is 0 Å².